The molecule has 4 atom stereocenters. The maximum Gasteiger partial charge on any atom is 0.301 e. The number of piperidine rings is 1. The standard InChI is InChI=1S/C19H31N7O4.C16H10N4O11S2.C11H16N4O4.C6H6/c27-10-6-25(7-11-28)18-20-14-15-16(22-18)17(24-4-2-1-3-5-24)23-19(21-15)26(8-12-29)9-13-30;21-16-11-3-2-10(32(26,27)28)5-8(11)6-14(33(29,30)31)15(16)18-17-12-4-1-9(19(22)23)7-13(12)20(24)25;16-3-8-6(17)1-9(19-8)15-5-14-10-7(18)2-12-4-13-11(10)15;1-2-4-6-5-3-1/h14,27-30H,1-13H2;1-7,17H,(H,26,27,28)(H,29,30,31);4-9,16-18H,1-3H2,(H,12,13);1-6H/b;18-15-;;/t;;6-,7+,8+,9+;/m..0./s1. The molecule has 2 fully saturated rings. The van der Waals surface area contributed by atoms with E-state index in [-0.39, 0.29) is 50.7 Å². The molecule has 10 rings (SSSR count). The Balaban J connectivity index is 0.000000184. The topological polar surface area (TPSA) is 491 Å². The molecule has 4 aliphatic rings. The van der Waals surface area contributed by atoms with E-state index in [9.17, 15) is 77.1 Å². The van der Waals surface area contributed by atoms with Crippen LogP contribution in [0.15, 0.2) is 105 Å². The van der Waals surface area contributed by atoms with E-state index >= 15 is 0 Å². The molecule has 0 bridgehead atoms. The molecule has 0 spiro atoms. The van der Waals surface area contributed by atoms with Crippen molar-refractivity contribution in [2.75, 3.05) is 104 Å². The fourth-order valence-corrected chi connectivity index (χ4v) is 10.3. The summed E-state index contributed by atoms with van der Waals surface area (Å²) in [5.41, 5.74) is 0.460. The van der Waals surface area contributed by atoms with Crippen molar-refractivity contribution in [1.82, 2.24) is 29.5 Å². The normalized spacial score (nSPS) is 18.4. The van der Waals surface area contributed by atoms with Gasteiger partial charge in [-0.05, 0) is 55.2 Å². The molecule has 34 nitrogen and oxygen atoms in total. The highest BCUT2D eigenvalue weighted by atomic mass is 32.2. The number of nitrogens with zero attached hydrogens (tertiary/aromatic N) is 13. The summed E-state index contributed by atoms with van der Waals surface area (Å²) in [5, 5.41) is 94.7. The third-order valence-corrected chi connectivity index (χ3v) is 15.1. The Morgan fingerprint density at radius 1 is 0.784 bits per heavy atom. The fraction of sp³-hybridized carbons (Fsp3) is 0.385. The van der Waals surface area contributed by atoms with Crippen LogP contribution in [-0.2, 0) is 25.0 Å². The number of hydrazone groups is 1. The summed E-state index contributed by atoms with van der Waals surface area (Å²) in [7, 11) is -9.81. The molecule has 3 aromatic carbocycles. The van der Waals surface area contributed by atoms with Gasteiger partial charge >= 0.3 is 5.69 Å². The molecule has 88 heavy (non-hydrogen) atoms. The maximum atomic E-state index is 12.8. The number of nitro groups is 2. The SMILES string of the molecule is O=C1/C(=N\Nc2ccc([N+](=O)[O-])cc2[N+](=O)[O-])C(S(=O)(=O)O)=Cc2cc(S(=O)(=O)O)ccc21.OCCN(CCO)c1nc(N2CCCCC2)c2nc(N(CCO)CCO)ncc2n1.OC[C@H]1O[C@@H](n2cnc3c2NC=NC[C@H]3O)C[C@@H]1O.c1ccccc1. The number of aliphatic hydroxyl groups excluding tert-OH is 7. The molecule has 36 heteroatoms. The monoisotopic (exact) mass is 1270 g/mol. The zero-order valence-electron chi connectivity index (χ0n) is 46.6. The highest BCUT2D eigenvalue weighted by Gasteiger charge is 2.37. The summed E-state index contributed by atoms with van der Waals surface area (Å²) >= 11 is 0. The average Bonchev–Trinajstić information content (AvgIpc) is 3.38. The summed E-state index contributed by atoms with van der Waals surface area (Å²) in [6.07, 6.45) is 6.58. The molecule has 0 saturated carbocycles. The van der Waals surface area contributed by atoms with E-state index in [0.717, 1.165) is 56.3 Å². The molecule has 3 aromatic heterocycles. The lowest BCUT2D eigenvalue weighted by Crippen LogP contribution is -2.34. The minimum absolute atomic E-state index is 0.0762. The van der Waals surface area contributed by atoms with Crippen molar-refractivity contribution in [3.05, 3.63) is 127 Å². The number of benzene rings is 3. The number of rotatable bonds is 19. The first-order valence-corrected chi connectivity index (χ1v) is 29.8. The Bertz CT molecular complexity index is 3710. The van der Waals surface area contributed by atoms with Crippen molar-refractivity contribution >= 4 is 95.8 Å². The number of nitro benzene ring substituents is 2. The van der Waals surface area contributed by atoms with Crippen LogP contribution in [0.3, 0.4) is 0 Å². The van der Waals surface area contributed by atoms with Crippen LogP contribution in [-0.4, -0.2) is 210 Å². The number of aromatic nitrogens is 6. The lowest BCUT2D eigenvalue weighted by molar-refractivity contribution is -0.393. The van der Waals surface area contributed by atoms with Gasteiger partial charge in [-0.3, -0.25) is 49.1 Å². The van der Waals surface area contributed by atoms with Crippen molar-refractivity contribution in [2.24, 2.45) is 10.1 Å². The smallest absolute Gasteiger partial charge is 0.301 e. The van der Waals surface area contributed by atoms with Crippen molar-refractivity contribution in [3.63, 3.8) is 0 Å². The first-order valence-electron chi connectivity index (χ1n) is 26.9. The number of imidazole rings is 1. The lowest BCUT2D eigenvalue weighted by Gasteiger charge is -2.30. The van der Waals surface area contributed by atoms with Gasteiger partial charge in [-0.25, -0.2) is 19.9 Å². The molecule has 0 radical (unpaired) electrons. The number of allylic oxidation sites excluding steroid dienone is 1. The minimum Gasteiger partial charge on any atom is -0.395 e. The summed E-state index contributed by atoms with van der Waals surface area (Å²) in [6, 6.07) is 17.0. The predicted molar refractivity (Wildman–Crippen MR) is 317 cm³/mol. The number of fused-ring (bicyclic) bond motifs is 3. The van der Waals surface area contributed by atoms with Crippen molar-refractivity contribution in [2.45, 2.75) is 55.1 Å². The molecular weight excluding hydrogens is 1200 g/mol. The Labute approximate surface area is 501 Å². The van der Waals surface area contributed by atoms with Crippen LogP contribution in [0, 0.1) is 20.2 Å². The largest absolute Gasteiger partial charge is 0.395 e. The summed E-state index contributed by atoms with van der Waals surface area (Å²) in [4.78, 5) is 63.5. The Morgan fingerprint density at radius 2 is 1.42 bits per heavy atom. The van der Waals surface area contributed by atoms with Crippen LogP contribution in [0.1, 0.15) is 59.6 Å². The van der Waals surface area contributed by atoms with Crippen LogP contribution in [0.5, 0.6) is 0 Å². The number of nitrogens with one attached hydrogen (secondary N) is 2. The highest BCUT2D eigenvalue weighted by molar-refractivity contribution is 7.91. The van der Waals surface area contributed by atoms with Crippen LogP contribution < -0.4 is 25.4 Å². The van der Waals surface area contributed by atoms with Crippen LogP contribution in [0.4, 0.5) is 40.6 Å². The third-order valence-electron chi connectivity index (χ3n) is 13.4. The number of non-ortho nitro benzene ring substituents is 1. The summed E-state index contributed by atoms with van der Waals surface area (Å²) in [6.45, 7) is 2.69. The van der Waals surface area contributed by atoms with E-state index in [1.807, 2.05) is 36.4 Å². The fourth-order valence-electron chi connectivity index (χ4n) is 9.16. The van der Waals surface area contributed by atoms with E-state index in [1.54, 1.807) is 26.9 Å². The molecule has 6 aromatic rings. The zero-order chi connectivity index (χ0) is 63.7. The van der Waals surface area contributed by atoms with Gasteiger partial charge in [0.05, 0.1) is 85.4 Å². The zero-order valence-corrected chi connectivity index (χ0v) is 48.2. The molecule has 3 aliphatic heterocycles. The number of hydrogen-bond acceptors (Lipinski definition) is 29. The number of Topliss-reactive ketones (excluding diaryl/α,β-unsaturated/α-hetero) is 1. The molecule has 0 amide bonds. The van der Waals surface area contributed by atoms with Crippen molar-refractivity contribution in [3.8, 4) is 0 Å². The number of anilines is 5. The van der Waals surface area contributed by atoms with Gasteiger partial charge in [-0.1, -0.05) is 36.4 Å². The van der Waals surface area contributed by atoms with Gasteiger partial charge in [0.15, 0.2) is 11.5 Å². The number of aliphatic hydroxyl groups is 7. The molecule has 0 unspecified atom stereocenters. The van der Waals surface area contributed by atoms with Gasteiger partial charge in [-0.2, -0.15) is 26.9 Å². The van der Waals surface area contributed by atoms with E-state index < -0.39 is 93.0 Å². The summed E-state index contributed by atoms with van der Waals surface area (Å²) in [5.74, 6) is 1.02. The van der Waals surface area contributed by atoms with E-state index in [4.69, 9.17) is 19.4 Å². The second-order valence-electron chi connectivity index (χ2n) is 19.3. The highest BCUT2D eigenvalue weighted by Crippen LogP contribution is 2.36. The van der Waals surface area contributed by atoms with Gasteiger partial charge in [0.25, 0.3) is 25.9 Å². The quantitative estimate of drug-likeness (QED) is 0.0309. The number of carbonyl (C=O) groups excluding carboxylic acids is 1. The van der Waals surface area contributed by atoms with Crippen molar-refractivity contribution < 1.29 is 81.1 Å². The van der Waals surface area contributed by atoms with Crippen LogP contribution >= 0.6 is 0 Å². The second-order valence-corrected chi connectivity index (χ2v) is 22.1. The number of hydrogen-bond donors (Lipinski definition) is 11. The Morgan fingerprint density at radius 3 is 1.99 bits per heavy atom. The lowest BCUT2D eigenvalue weighted by atomic mass is 9.95. The molecule has 2 saturated heterocycles. The second kappa shape index (κ2) is 30.8. The number of ketones is 1. The molecule has 472 valence electrons. The van der Waals surface area contributed by atoms with Crippen LogP contribution in [0.25, 0.3) is 17.1 Å². The molecule has 6 heterocycles. The van der Waals surface area contributed by atoms with Crippen LogP contribution in [0.2, 0.25) is 0 Å². The minimum atomic E-state index is -5.11. The number of aliphatic imine (C=N–C) groups is 1. The van der Waals surface area contributed by atoms with Crippen molar-refractivity contribution in [1.29, 1.82) is 0 Å². The number of ether oxygens (including phenoxy) is 1. The first kappa shape index (κ1) is 66.9. The van der Waals surface area contributed by atoms with E-state index in [2.05, 4.69) is 45.7 Å². The van der Waals surface area contributed by atoms with E-state index in [0.29, 0.717) is 85.0 Å². The van der Waals surface area contributed by atoms with Gasteiger partial charge in [0.1, 0.15) is 51.6 Å². The molecule has 11 N–H and O–H groups in total. The number of carbonyl (C=O) groups is 1. The van der Waals surface area contributed by atoms with Gasteiger partial charge < -0.3 is 60.5 Å². The molecular formula is C52H63N15O19S2. The van der Waals surface area contributed by atoms with E-state index in [1.165, 1.54) is 12.8 Å². The Kier molecular flexibility index (Phi) is 23.4. The third kappa shape index (κ3) is 16.9. The first-order chi connectivity index (χ1) is 42.1. The average molecular weight is 1270 g/mol. The van der Waals surface area contributed by atoms with Gasteiger partial charge in [0.2, 0.25) is 17.7 Å². The summed E-state index contributed by atoms with van der Waals surface area (Å²) < 4.78 is 72.2. The van der Waals surface area contributed by atoms with Gasteiger partial charge in [0, 0.05) is 57.3 Å². The predicted octanol–water partition coefficient (Wildman–Crippen LogP) is 1.33. The maximum absolute atomic E-state index is 12.8. The van der Waals surface area contributed by atoms with Gasteiger partial charge in [-0.15, -0.1) is 0 Å². The Hall–Kier alpha value is -8.66. The molecule has 1 aliphatic carbocycles.